The molecule has 1 aliphatic carbocycles. The minimum Gasteiger partial charge on any atom is -0.381 e. The van der Waals surface area contributed by atoms with E-state index in [1.54, 1.807) is 0 Å². The fraction of sp³-hybridized carbons (Fsp3) is 0.533. The van der Waals surface area contributed by atoms with E-state index in [-0.39, 0.29) is 0 Å². The second kappa shape index (κ2) is 6.42. The van der Waals surface area contributed by atoms with E-state index < -0.39 is 0 Å². The Balaban J connectivity index is 2.02. The van der Waals surface area contributed by atoms with E-state index >= 15 is 0 Å². The zero-order valence-electron chi connectivity index (χ0n) is 10.7. The molecule has 1 saturated carbocycles. The normalized spacial score (nSPS) is 18.0. The summed E-state index contributed by atoms with van der Waals surface area (Å²) in [6, 6.07) is 10.1. The molecule has 1 unspecified atom stereocenters. The van der Waals surface area contributed by atoms with Gasteiger partial charge in [0.2, 0.25) is 0 Å². The van der Waals surface area contributed by atoms with Crippen LogP contribution in [-0.2, 0) is 0 Å². The molecule has 0 aromatic heterocycles. The van der Waals surface area contributed by atoms with Crippen molar-refractivity contribution in [3.63, 3.8) is 0 Å². The van der Waals surface area contributed by atoms with Crippen molar-refractivity contribution in [1.29, 1.82) is 5.26 Å². The highest BCUT2D eigenvalue weighted by Crippen LogP contribution is 2.28. The third kappa shape index (κ3) is 3.24. The Morgan fingerprint density at radius 2 is 2.11 bits per heavy atom. The Labute approximate surface area is 109 Å². The molecule has 0 radical (unpaired) electrons. The van der Waals surface area contributed by atoms with E-state index in [1.807, 2.05) is 24.3 Å². The van der Waals surface area contributed by atoms with Gasteiger partial charge in [-0.25, -0.2) is 0 Å². The van der Waals surface area contributed by atoms with Crippen molar-refractivity contribution < 1.29 is 0 Å². The number of nitrogens with zero attached hydrogens (tertiary/aromatic N) is 1. The van der Waals surface area contributed by atoms with Crippen molar-refractivity contribution in [2.75, 3.05) is 11.9 Å². The topological polar surface area (TPSA) is 61.8 Å². The number of anilines is 1. The molecule has 3 N–H and O–H groups in total. The maximum Gasteiger partial charge on any atom is 0.0992 e. The number of benzene rings is 1. The van der Waals surface area contributed by atoms with Gasteiger partial charge in [-0.1, -0.05) is 25.3 Å². The third-order valence-electron chi connectivity index (χ3n) is 3.82. The Morgan fingerprint density at radius 1 is 1.33 bits per heavy atom. The Morgan fingerprint density at radius 3 is 2.78 bits per heavy atom. The predicted molar refractivity (Wildman–Crippen MR) is 74.2 cm³/mol. The summed E-state index contributed by atoms with van der Waals surface area (Å²) in [5.41, 5.74) is 7.60. The van der Waals surface area contributed by atoms with E-state index in [0.717, 1.165) is 5.69 Å². The number of hydrogen-bond acceptors (Lipinski definition) is 3. The van der Waals surface area contributed by atoms with Crippen molar-refractivity contribution in [3.05, 3.63) is 29.8 Å². The lowest BCUT2D eigenvalue weighted by Gasteiger charge is -2.30. The summed E-state index contributed by atoms with van der Waals surface area (Å²) >= 11 is 0. The number of nitrogens with two attached hydrogens (primary N) is 1. The minimum atomic E-state index is 0.333. The van der Waals surface area contributed by atoms with Crippen LogP contribution < -0.4 is 11.1 Å². The maximum atomic E-state index is 8.90. The van der Waals surface area contributed by atoms with Crippen molar-refractivity contribution >= 4 is 5.69 Å². The molecule has 0 amide bonds. The SMILES string of the molecule is N#Cc1cccc(NC(CN)C2CCCCC2)c1. The number of hydrogen-bond donors (Lipinski definition) is 2. The molecule has 0 aliphatic heterocycles. The van der Waals surface area contributed by atoms with E-state index in [9.17, 15) is 0 Å². The van der Waals surface area contributed by atoms with Gasteiger partial charge in [0.15, 0.2) is 0 Å². The largest absolute Gasteiger partial charge is 0.381 e. The lowest BCUT2D eigenvalue weighted by molar-refractivity contribution is 0.320. The molecular weight excluding hydrogens is 222 g/mol. The van der Waals surface area contributed by atoms with Gasteiger partial charge in [0.25, 0.3) is 0 Å². The van der Waals surface area contributed by atoms with Gasteiger partial charge in [0, 0.05) is 18.3 Å². The molecule has 0 spiro atoms. The summed E-state index contributed by atoms with van der Waals surface area (Å²) in [4.78, 5) is 0. The quantitative estimate of drug-likeness (QED) is 0.854. The highest BCUT2D eigenvalue weighted by Gasteiger charge is 2.22. The fourth-order valence-electron chi connectivity index (χ4n) is 2.80. The van der Waals surface area contributed by atoms with Crippen LogP contribution in [0.4, 0.5) is 5.69 Å². The van der Waals surface area contributed by atoms with Gasteiger partial charge in [-0.05, 0) is 37.0 Å². The van der Waals surface area contributed by atoms with Gasteiger partial charge in [0.05, 0.1) is 11.6 Å². The summed E-state index contributed by atoms with van der Waals surface area (Å²) < 4.78 is 0. The second-order valence-corrected chi connectivity index (χ2v) is 5.08. The molecule has 0 saturated heterocycles. The van der Waals surface area contributed by atoms with Gasteiger partial charge in [-0.2, -0.15) is 5.26 Å². The molecule has 18 heavy (non-hydrogen) atoms. The molecule has 96 valence electrons. The predicted octanol–water partition coefficient (Wildman–Crippen LogP) is 2.88. The standard InChI is InChI=1S/C15H21N3/c16-10-12-5-4-8-14(9-12)18-15(11-17)13-6-2-1-3-7-13/h4-5,8-9,13,15,18H,1-3,6-7,11,17H2. The first-order valence-corrected chi connectivity index (χ1v) is 6.80. The lowest BCUT2D eigenvalue weighted by Crippen LogP contribution is -2.37. The van der Waals surface area contributed by atoms with Gasteiger partial charge in [-0.15, -0.1) is 0 Å². The van der Waals surface area contributed by atoms with Crippen LogP contribution in [0.3, 0.4) is 0 Å². The summed E-state index contributed by atoms with van der Waals surface area (Å²) in [5, 5.41) is 12.4. The van der Waals surface area contributed by atoms with Crippen molar-refractivity contribution in [1.82, 2.24) is 0 Å². The first-order chi connectivity index (χ1) is 8.83. The summed E-state index contributed by atoms with van der Waals surface area (Å²) in [6.07, 6.45) is 6.54. The molecule has 3 nitrogen and oxygen atoms in total. The second-order valence-electron chi connectivity index (χ2n) is 5.08. The van der Waals surface area contributed by atoms with E-state index in [4.69, 9.17) is 11.0 Å². The average Bonchev–Trinajstić information content (AvgIpc) is 2.46. The molecule has 1 aromatic rings. The Kier molecular flexibility index (Phi) is 4.60. The lowest BCUT2D eigenvalue weighted by atomic mass is 9.84. The molecule has 3 heteroatoms. The van der Waals surface area contributed by atoms with Crippen LogP contribution in [0.25, 0.3) is 0 Å². The van der Waals surface area contributed by atoms with E-state index in [1.165, 1.54) is 32.1 Å². The summed E-state index contributed by atoms with van der Waals surface area (Å²) in [5.74, 6) is 0.675. The first-order valence-electron chi connectivity index (χ1n) is 6.80. The monoisotopic (exact) mass is 243 g/mol. The molecule has 1 aliphatic rings. The van der Waals surface area contributed by atoms with Crippen LogP contribution >= 0.6 is 0 Å². The zero-order valence-corrected chi connectivity index (χ0v) is 10.7. The Hall–Kier alpha value is -1.53. The van der Waals surface area contributed by atoms with Gasteiger partial charge in [0.1, 0.15) is 0 Å². The molecule has 1 atom stereocenters. The first kappa shape index (κ1) is 12.9. The highest BCUT2D eigenvalue weighted by molar-refractivity contribution is 5.49. The molecule has 0 heterocycles. The molecule has 1 aromatic carbocycles. The number of nitrogens with one attached hydrogen (secondary N) is 1. The van der Waals surface area contributed by atoms with Gasteiger partial charge in [-0.3, -0.25) is 0 Å². The van der Waals surface area contributed by atoms with Crippen LogP contribution in [0.2, 0.25) is 0 Å². The van der Waals surface area contributed by atoms with Crippen LogP contribution in [0.1, 0.15) is 37.7 Å². The van der Waals surface area contributed by atoms with Crippen molar-refractivity contribution in [2.45, 2.75) is 38.1 Å². The van der Waals surface area contributed by atoms with Crippen molar-refractivity contribution in [2.24, 2.45) is 11.7 Å². The molecular formula is C15H21N3. The summed E-state index contributed by atoms with van der Waals surface area (Å²) in [7, 11) is 0. The molecule has 0 bridgehead atoms. The van der Waals surface area contributed by atoms with Crippen molar-refractivity contribution in [3.8, 4) is 6.07 Å². The van der Waals surface area contributed by atoms with Crippen LogP contribution in [0, 0.1) is 17.2 Å². The van der Waals surface area contributed by atoms with Crippen LogP contribution in [-0.4, -0.2) is 12.6 Å². The van der Waals surface area contributed by atoms with Gasteiger partial charge < -0.3 is 11.1 Å². The fourth-order valence-corrected chi connectivity index (χ4v) is 2.80. The third-order valence-corrected chi connectivity index (χ3v) is 3.82. The van der Waals surface area contributed by atoms with E-state index in [2.05, 4.69) is 11.4 Å². The summed E-state index contributed by atoms with van der Waals surface area (Å²) in [6.45, 7) is 0.654. The molecule has 2 rings (SSSR count). The maximum absolute atomic E-state index is 8.90. The Bertz CT molecular complexity index is 416. The smallest absolute Gasteiger partial charge is 0.0992 e. The van der Waals surface area contributed by atoms with E-state index in [0.29, 0.717) is 24.1 Å². The van der Waals surface area contributed by atoms with Crippen LogP contribution in [0.15, 0.2) is 24.3 Å². The van der Waals surface area contributed by atoms with Gasteiger partial charge >= 0.3 is 0 Å². The number of nitriles is 1. The molecule has 1 fully saturated rings. The zero-order chi connectivity index (χ0) is 12.8. The average molecular weight is 243 g/mol. The minimum absolute atomic E-state index is 0.333. The van der Waals surface area contributed by atoms with Crippen LogP contribution in [0.5, 0.6) is 0 Å². The highest BCUT2D eigenvalue weighted by atomic mass is 14.9. The number of rotatable bonds is 4.